The molecule has 5 N–H and O–H groups in total. The van der Waals surface area contributed by atoms with Crippen LogP contribution in [0.25, 0.3) is 0 Å². The summed E-state index contributed by atoms with van der Waals surface area (Å²) in [5.41, 5.74) is 4.75. The Bertz CT molecular complexity index is 431. The normalized spacial score (nSPS) is 9.37. The Morgan fingerprint density at radius 2 is 1.79 bits per heavy atom. The molecule has 0 unspecified atom stereocenters. The molecule has 0 aliphatic carbocycles. The van der Waals surface area contributed by atoms with Crippen molar-refractivity contribution in [3.63, 3.8) is 0 Å². The van der Waals surface area contributed by atoms with Gasteiger partial charge in [0.05, 0.1) is 10.5 Å². The predicted octanol–water partition coefficient (Wildman–Crippen LogP) is 0.626. The van der Waals surface area contributed by atoms with Crippen molar-refractivity contribution in [1.29, 1.82) is 0 Å². The lowest BCUT2D eigenvalue weighted by Gasteiger charge is -1.97. The van der Waals surface area contributed by atoms with Crippen molar-refractivity contribution in [2.24, 2.45) is 0 Å². The summed E-state index contributed by atoms with van der Waals surface area (Å²) < 4.78 is 0. The molecule has 106 valence electrons. The van der Waals surface area contributed by atoms with E-state index in [-0.39, 0.29) is 30.2 Å². The SMILES string of the molecule is Nc1cc(C(=O)O)ccc1[N+](=O)[O-].OCCCCO. The summed E-state index contributed by atoms with van der Waals surface area (Å²) in [4.78, 5) is 20.0. The highest BCUT2D eigenvalue weighted by Crippen LogP contribution is 2.21. The van der Waals surface area contributed by atoms with E-state index in [1.807, 2.05) is 0 Å². The number of hydrogen-bond acceptors (Lipinski definition) is 6. The average molecular weight is 272 g/mol. The van der Waals surface area contributed by atoms with Crippen molar-refractivity contribution in [3.8, 4) is 0 Å². The van der Waals surface area contributed by atoms with Gasteiger partial charge >= 0.3 is 5.97 Å². The van der Waals surface area contributed by atoms with Crippen LogP contribution in [0.15, 0.2) is 18.2 Å². The highest BCUT2D eigenvalue weighted by molar-refractivity contribution is 5.89. The van der Waals surface area contributed by atoms with Crippen molar-refractivity contribution in [2.45, 2.75) is 12.8 Å². The van der Waals surface area contributed by atoms with Gasteiger partial charge in [0, 0.05) is 19.3 Å². The molecule has 0 amide bonds. The summed E-state index contributed by atoms with van der Waals surface area (Å²) in [5, 5.41) is 35.0. The number of nitrogen functional groups attached to an aromatic ring is 1. The van der Waals surface area contributed by atoms with Gasteiger partial charge in [0.2, 0.25) is 0 Å². The standard InChI is InChI=1S/C7H6N2O4.C4H10O2/c8-5-3-4(7(10)11)1-2-6(5)9(12)13;5-3-1-2-4-6/h1-3H,8H2,(H,10,11);5-6H,1-4H2. The number of carbonyl (C=O) groups is 1. The largest absolute Gasteiger partial charge is 0.478 e. The molecule has 0 atom stereocenters. The van der Waals surface area contributed by atoms with Gasteiger partial charge < -0.3 is 21.1 Å². The maximum Gasteiger partial charge on any atom is 0.335 e. The van der Waals surface area contributed by atoms with E-state index in [9.17, 15) is 14.9 Å². The molecule has 0 aliphatic rings. The molecule has 0 heterocycles. The van der Waals surface area contributed by atoms with Crippen molar-refractivity contribution < 1.29 is 25.0 Å². The van der Waals surface area contributed by atoms with Gasteiger partial charge in [-0.25, -0.2) is 4.79 Å². The van der Waals surface area contributed by atoms with Crippen LogP contribution in [0.1, 0.15) is 23.2 Å². The molecule has 8 heteroatoms. The number of hydrogen-bond donors (Lipinski definition) is 4. The Kier molecular flexibility index (Phi) is 7.82. The van der Waals surface area contributed by atoms with Crippen LogP contribution in [-0.2, 0) is 0 Å². The topological polar surface area (TPSA) is 147 Å². The quantitative estimate of drug-likeness (QED) is 0.266. The molecule has 0 aliphatic heterocycles. The third-order valence-corrected chi connectivity index (χ3v) is 2.04. The Morgan fingerprint density at radius 1 is 1.26 bits per heavy atom. The molecule has 1 aromatic carbocycles. The van der Waals surface area contributed by atoms with Crippen molar-refractivity contribution in [3.05, 3.63) is 33.9 Å². The lowest BCUT2D eigenvalue weighted by Crippen LogP contribution is -2.00. The fraction of sp³-hybridized carbons (Fsp3) is 0.364. The first-order valence-electron chi connectivity index (χ1n) is 5.43. The number of rotatable bonds is 5. The fourth-order valence-electron chi connectivity index (χ4n) is 1.08. The predicted molar refractivity (Wildman–Crippen MR) is 67.9 cm³/mol. The average Bonchev–Trinajstić information content (AvgIpc) is 2.36. The van der Waals surface area contributed by atoms with Gasteiger partial charge in [0.1, 0.15) is 5.69 Å². The second kappa shape index (κ2) is 8.84. The Balaban J connectivity index is 0.000000459. The maximum atomic E-state index is 10.4. The van der Waals surface area contributed by atoms with Gasteiger partial charge in [-0.1, -0.05) is 0 Å². The molecule has 1 aromatic rings. The Morgan fingerprint density at radius 3 is 2.11 bits per heavy atom. The van der Waals surface area contributed by atoms with E-state index < -0.39 is 10.9 Å². The van der Waals surface area contributed by atoms with Crippen LogP contribution in [0.5, 0.6) is 0 Å². The number of carboxylic acid groups (broad SMARTS) is 1. The van der Waals surface area contributed by atoms with E-state index in [0.717, 1.165) is 31.0 Å². The molecule has 0 aromatic heterocycles. The summed E-state index contributed by atoms with van der Waals surface area (Å²) in [5.74, 6) is -1.17. The number of aliphatic hydroxyl groups excluding tert-OH is 2. The number of benzene rings is 1. The highest BCUT2D eigenvalue weighted by Gasteiger charge is 2.13. The maximum absolute atomic E-state index is 10.4. The minimum atomic E-state index is -1.17. The molecule has 0 fully saturated rings. The summed E-state index contributed by atoms with van der Waals surface area (Å²) in [6, 6.07) is 3.26. The van der Waals surface area contributed by atoms with Crippen molar-refractivity contribution in [1.82, 2.24) is 0 Å². The molecular weight excluding hydrogens is 256 g/mol. The second-order valence-electron chi connectivity index (χ2n) is 3.49. The minimum absolute atomic E-state index is 0.0666. The summed E-state index contributed by atoms with van der Waals surface area (Å²) in [6.45, 7) is 0.390. The number of nitro groups is 1. The Labute approximate surface area is 109 Å². The fourth-order valence-corrected chi connectivity index (χ4v) is 1.08. The zero-order chi connectivity index (χ0) is 14.8. The van der Waals surface area contributed by atoms with E-state index >= 15 is 0 Å². The van der Waals surface area contributed by atoms with Crippen LogP contribution in [0, 0.1) is 10.1 Å². The van der Waals surface area contributed by atoms with E-state index in [2.05, 4.69) is 0 Å². The van der Waals surface area contributed by atoms with E-state index in [1.165, 1.54) is 0 Å². The molecule has 8 nitrogen and oxygen atoms in total. The van der Waals surface area contributed by atoms with E-state index in [0.29, 0.717) is 0 Å². The second-order valence-corrected chi connectivity index (χ2v) is 3.49. The van der Waals surface area contributed by atoms with E-state index in [1.54, 1.807) is 0 Å². The monoisotopic (exact) mass is 272 g/mol. The molecular formula is C11H16N2O6. The number of aliphatic hydroxyl groups is 2. The van der Waals surface area contributed by atoms with Crippen molar-refractivity contribution >= 4 is 17.3 Å². The van der Waals surface area contributed by atoms with Gasteiger partial charge in [0.15, 0.2) is 0 Å². The van der Waals surface area contributed by atoms with Gasteiger partial charge in [-0.3, -0.25) is 10.1 Å². The van der Waals surface area contributed by atoms with Crippen LogP contribution in [0.3, 0.4) is 0 Å². The first-order valence-corrected chi connectivity index (χ1v) is 5.43. The first kappa shape index (κ1) is 16.8. The molecule has 1 rings (SSSR count). The zero-order valence-corrected chi connectivity index (χ0v) is 10.2. The number of aromatic carboxylic acids is 1. The number of nitrogens with two attached hydrogens (primary N) is 1. The lowest BCUT2D eigenvalue weighted by molar-refractivity contribution is -0.383. The van der Waals surface area contributed by atoms with Gasteiger partial charge in [-0.05, 0) is 25.0 Å². The van der Waals surface area contributed by atoms with Crippen LogP contribution in [0.2, 0.25) is 0 Å². The van der Waals surface area contributed by atoms with Crippen molar-refractivity contribution in [2.75, 3.05) is 18.9 Å². The number of unbranched alkanes of at least 4 members (excludes halogenated alkanes) is 1. The van der Waals surface area contributed by atoms with Gasteiger partial charge in [-0.15, -0.1) is 0 Å². The number of nitrogens with zero attached hydrogens (tertiary/aromatic N) is 1. The van der Waals surface area contributed by atoms with E-state index in [4.69, 9.17) is 21.1 Å². The first-order chi connectivity index (χ1) is 8.93. The molecule has 19 heavy (non-hydrogen) atoms. The van der Waals surface area contributed by atoms with Crippen LogP contribution in [-0.4, -0.2) is 39.4 Å². The summed E-state index contributed by atoms with van der Waals surface area (Å²) in [6.07, 6.45) is 1.44. The number of anilines is 1. The molecule has 0 radical (unpaired) electrons. The highest BCUT2D eigenvalue weighted by atomic mass is 16.6. The van der Waals surface area contributed by atoms with Gasteiger partial charge in [-0.2, -0.15) is 0 Å². The smallest absolute Gasteiger partial charge is 0.335 e. The van der Waals surface area contributed by atoms with Crippen LogP contribution >= 0.6 is 0 Å². The summed E-state index contributed by atoms with van der Waals surface area (Å²) >= 11 is 0. The molecule has 0 saturated carbocycles. The molecule has 0 bridgehead atoms. The van der Waals surface area contributed by atoms with Crippen LogP contribution < -0.4 is 5.73 Å². The third kappa shape index (κ3) is 6.34. The van der Waals surface area contributed by atoms with Crippen LogP contribution in [0.4, 0.5) is 11.4 Å². The zero-order valence-electron chi connectivity index (χ0n) is 10.2. The summed E-state index contributed by atoms with van der Waals surface area (Å²) in [7, 11) is 0. The Hall–Kier alpha value is -2.19. The lowest BCUT2D eigenvalue weighted by atomic mass is 10.2. The minimum Gasteiger partial charge on any atom is -0.478 e. The molecule has 0 saturated heterocycles. The molecule has 0 spiro atoms. The van der Waals surface area contributed by atoms with Gasteiger partial charge in [0.25, 0.3) is 5.69 Å². The third-order valence-electron chi connectivity index (χ3n) is 2.04. The number of carboxylic acids is 1. The number of nitro benzene ring substituents is 1.